The Balaban J connectivity index is 0.000000140. The Kier molecular flexibility index (Phi) is 23.0. The fourth-order valence-electron chi connectivity index (χ4n) is 15.5. The minimum absolute atomic E-state index is 0.0487. The lowest BCUT2D eigenvalue weighted by molar-refractivity contribution is 0.187. The average molecular weight is 1510 g/mol. The third-order valence-electron chi connectivity index (χ3n) is 21.4. The molecule has 3 atom stereocenters. The summed E-state index contributed by atoms with van der Waals surface area (Å²) in [7, 11) is 8.85. The van der Waals surface area contributed by atoms with Crippen molar-refractivity contribution < 1.29 is 0 Å². The van der Waals surface area contributed by atoms with Crippen LogP contribution in [0.25, 0.3) is 44.4 Å². The summed E-state index contributed by atoms with van der Waals surface area (Å²) in [5.74, 6) is 1.97. The molecular formula is C87H101N19O6. The molecule has 580 valence electrons. The number of pyridine rings is 1. The number of fused-ring (bicyclic) bond motifs is 3. The topological polar surface area (TPSA) is 253 Å². The van der Waals surface area contributed by atoms with Gasteiger partial charge in [0.25, 0.3) is 16.7 Å². The van der Waals surface area contributed by atoms with Gasteiger partial charge in [0.2, 0.25) is 0 Å². The first kappa shape index (κ1) is 76.9. The van der Waals surface area contributed by atoms with Crippen molar-refractivity contribution in [3.05, 3.63) is 279 Å². The van der Waals surface area contributed by atoms with Gasteiger partial charge in [-0.1, -0.05) is 181 Å². The van der Waals surface area contributed by atoms with Crippen LogP contribution in [-0.2, 0) is 53.9 Å². The molecule has 0 radical (unpaired) electrons. The van der Waals surface area contributed by atoms with Crippen LogP contribution >= 0.6 is 0 Å². The number of rotatable bonds is 19. The summed E-state index contributed by atoms with van der Waals surface area (Å²) >= 11 is 0. The van der Waals surface area contributed by atoms with Gasteiger partial charge in [-0.25, -0.2) is 28.4 Å². The van der Waals surface area contributed by atoms with Crippen LogP contribution in [0.1, 0.15) is 126 Å². The number of benzene rings is 6. The van der Waals surface area contributed by atoms with Crippen LogP contribution in [0.3, 0.4) is 0 Å². The zero-order valence-electron chi connectivity index (χ0n) is 65.7. The summed E-state index contributed by atoms with van der Waals surface area (Å²) in [6.07, 6.45) is 9.95. The molecule has 3 unspecified atom stereocenters. The molecule has 7 aromatic heterocycles. The van der Waals surface area contributed by atoms with Gasteiger partial charge in [-0.05, 0) is 154 Å². The maximum Gasteiger partial charge on any atom is 0.332 e. The molecule has 112 heavy (non-hydrogen) atoms. The van der Waals surface area contributed by atoms with E-state index in [2.05, 4.69) is 126 Å². The van der Waals surface area contributed by atoms with Gasteiger partial charge in [-0.3, -0.25) is 51.7 Å². The molecule has 0 amide bonds. The molecule has 3 aliphatic rings. The SMILES string of the molecule is CC(C)Cn1c(=O)n(C)c(=O)c2c(Nc3ccccc3)n(Cc3ccc(C4CCCCN4C)cc3)nc21.CN1CCC(n2c(=O)n(C)c(=O)c3c(Nc4ccccc4)n(Cc4ccc(-c5ccccn5)cc4)nc32)C1.Cn1c(=O)c2c(Nc3ccccc3)n(Cc3ccc(C4CCCCN4)cc3)nc2n(CC(C)(C)C)c1=O. The van der Waals surface area contributed by atoms with Crippen LogP contribution in [0.15, 0.2) is 217 Å². The number of hydrogen-bond acceptors (Lipinski definition) is 16. The minimum Gasteiger partial charge on any atom is -0.340 e. The standard InChI is InChI=1S/C29H29N7O2.2C29H36N6O2/c1-33-17-15-23(19-33)36-27-25(28(37)34(2)29(36)38)26(31-22-8-4-3-5-9-22)35(32-27)18-20-11-13-21(14-12-20)24-10-6-7-16-30-24;1-29(2,3)19-34-26-24(27(36)33(4)28(34)37)25(31-22-10-6-5-7-11-22)35(32-26)18-20-13-15-21(16-14-20)23-12-8-9-17-30-23;1-20(2)18-34-27-25(28(36)33(4)29(34)37)26(30-23-10-6-5-7-11-23)35(31-27)19-21-13-15-22(16-14-21)24-12-8-9-17-32(24)3/h3-14,16,23,31H,15,17-19H2,1-2H3;5-7,10-11,13-16,23,30-31H,8-9,12,17-19H2,1-4H3;5-7,10-11,13-16,20,24,30H,8-9,12,17-19H2,1-4H3. The molecular weight excluding hydrogens is 1410 g/mol. The number of nitrogens with zero attached hydrogens (tertiary/aromatic N) is 15. The highest BCUT2D eigenvalue weighted by Crippen LogP contribution is 2.34. The molecule has 13 aromatic rings. The Morgan fingerprint density at radius 2 is 0.929 bits per heavy atom. The molecule has 4 N–H and O–H groups in total. The molecule has 0 aliphatic carbocycles. The van der Waals surface area contributed by atoms with Crippen molar-refractivity contribution in [1.82, 2.24) is 76.8 Å². The second-order valence-electron chi connectivity index (χ2n) is 31.6. The lowest BCUT2D eigenvalue weighted by Gasteiger charge is -2.32. The van der Waals surface area contributed by atoms with E-state index in [0.29, 0.717) is 95.4 Å². The monoisotopic (exact) mass is 1510 g/mol. The van der Waals surface area contributed by atoms with E-state index in [0.717, 1.165) is 84.0 Å². The van der Waals surface area contributed by atoms with Crippen LogP contribution in [0.2, 0.25) is 0 Å². The number of likely N-dealkylation sites (N-methyl/N-ethyl adjacent to an activating group) is 1. The van der Waals surface area contributed by atoms with Crippen LogP contribution in [0.5, 0.6) is 0 Å². The van der Waals surface area contributed by atoms with Gasteiger partial charge in [-0.2, -0.15) is 15.3 Å². The Hall–Kier alpha value is -11.8. The molecule has 25 heteroatoms. The van der Waals surface area contributed by atoms with Crippen molar-refractivity contribution in [2.75, 3.05) is 56.2 Å². The number of piperidine rings is 2. The van der Waals surface area contributed by atoms with Crippen LogP contribution in [0.4, 0.5) is 34.5 Å². The van der Waals surface area contributed by atoms with Crippen LogP contribution in [-0.4, -0.2) is 112 Å². The summed E-state index contributed by atoms with van der Waals surface area (Å²) in [4.78, 5) is 88.9. The van der Waals surface area contributed by atoms with Crippen LogP contribution in [0, 0.1) is 11.3 Å². The van der Waals surface area contributed by atoms with Gasteiger partial charge in [-0.15, -0.1) is 0 Å². The first-order chi connectivity index (χ1) is 54.0. The van der Waals surface area contributed by atoms with Gasteiger partial charge >= 0.3 is 17.1 Å². The highest BCUT2D eigenvalue weighted by molar-refractivity contribution is 5.91. The fourth-order valence-corrected chi connectivity index (χ4v) is 15.5. The maximum atomic E-state index is 13.5. The third kappa shape index (κ3) is 16.8. The molecule has 0 bridgehead atoms. The van der Waals surface area contributed by atoms with E-state index in [9.17, 15) is 28.8 Å². The average Bonchev–Trinajstić information content (AvgIpc) is 1.59. The molecule has 16 rings (SSSR count). The second kappa shape index (κ2) is 33.4. The van der Waals surface area contributed by atoms with E-state index in [1.54, 1.807) is 31.6 Å². The lowest BCUT2D eigenvalue weighted by Crippen LogP contribution is -2.40. The molecule has 25 nitrogen and oxygen atoms in total. The quantitative estimate of drug-likeness (QED) is 0.0587. The van der Waals surface area contributed by atoms with Crippen LogP contribution < -0.4 is 55.0 Å². The van der Waals surface area contributed by atoms with E-state index in [4.69, 9.17) is 15.3 Å². The lowest BCUT2D eigenvalue weighted by atomic mass is 9.95. The van der Waals surface area contributed by atoms with Gasteiger partial charge < -0.3 is 26.2 Å². The molecule has 0 spiro atoms. The number of para-hydroxylation sites is 3. The van der Waals surface area contributed by atoms with Crippen molar-refractivity contribution in [2.24, 2.45) is 32.5 Å². The van der Waals surface area contributed by atoms with Crippen molar-refractivity contribution >= 4 is 67.6 Å². The summed E-state index contributed by atoms with van der Waals surface area (Å²) in [5.41, 5.74) is 9.24. The Morgan fingerprint density at radius 1 is 0.473 bits per heavy atom. The van der Waals surface area contributed by atoms with Gasteiger partial charge in [0.1, 0.15) is 33.6 Å². The second-order valence-corrected chi connectivity index (χ2v) is 31.6. The highest BCUT2D eigenvalue weighted by Gasteiger charge is 2.31. The molecule has 3 aliphatic heterocycles. The smallest absolute Gasteiger partial charge is 0.332 e. The molecule has 0 saturated carbocycles. The summed E-state index contributed by atoms with van der Waals surface area (Å²) in [5, 5.41) is 29.7. The van der Waals surface area contributed by atoms with E-state index in [1.807, 2.05) is 150 Å². The summed E-state index contributed by atoms with van der Waals surface area (Å²) in [6.45, 7) is 16.4. The Labute approximate surface area is 650 Å². The first-order valence-corrected chi connectivity index (χ1v) is 38.9. The Morgan fingerprint density at radius 3 is 1.38 bits per heavy atom. The summed E-state index contributed by atoms with van der Waals surface area (Å²) in [6, 6.07) is 61.3. The molecule has 3 fully saturated rings. The van der Waals surface area contributed by atoms with Crippen molar-refractivity contribution in [3.63, 3.8) is 0 Å². The fraction of sp³-hybridized carbons (Fsp3) is 0.356. The molecule has 6 aromatic carbocycles. The van der Waals surface area contributed by atoms with Gasteiger partial charge in [0.05, 0.1) is 31.4 Å². The number of likely N-dealkylation sites (tertiary alicyclic amines) is 2. The predicted octanol–water partition coefficient (Wildman–Crippen LogP) is 12.7. The minimum atomic E-state index is -0.359. The predicted molar refractivity (Wildman–Crippen MR) is 446 cm³/mol. The highest BCUT2D eigenvalue weighted by atomic mass is 16.2. The number of anilines is 6. The van der Waals surface area contributed by atoms with Crippen molar-refractivity contribution in [3.8, 4) is 11.3 Å². The summed E-state index contributed by atoms with van der Waals surface area (Å²) < 4.78 is 13.9. The van der Waals surface area contributed by atoms with Gasteiger partial charge in [0, 0.05) is 81.7 Å². The first-order valence-electron chi connectivity index (χ1n) is 38.9. The van der Waals surface area contributed by atoms with E-state index < -0.39 is 0 Å². The van der Waals surface area contributed by atoms with E-state index in [-0.39, 0.29) is 51.1 Å². The van der Waals surface area contributed by atoms with Crippen molar-refractivity contribution in [2.45, 2.75) is 130 Å². The number of hydrogen-bond donors (Lipinski definition) is 4. The third-order valence-corrected chi connectivity index (χ3v) is 21.4. The Bertz CT molecular complexity index is 5850. The maximum absolute atomic E-state index is 13.5. The number of aromatic nitrogens is 13. The zero-order valence-corrected chi connectivity index (χ0v) is 65.7. The molecule has 3 saturated heterocycles. The van der Waals surface area contributed by atoms with Crippen molar-refractivity contribution in [1.29, 1.82) is 0 Å². The normalized spacial score (nSPS) is 16.2. The zero-order chi connectivity index (χ0) is 78.5. The number of nitrogens with one attached hydrogen (secondary N) is 4. The van der Waals surface area contributed by atoms with E-state index >= 15 is 0 Å². The van der Waals surface area contributed by atoms with Gasteiger partial charge in [0.15, 0.2) is 16.9 Å². The van der Waals surface area contributed by atoms with E-state index in [1.165, 1.54) is 71.0 Å². The largest absolute Gasteiger partial charge is 0.340 e. The molecule has 10 heterocycles.